The second kappa shape index (κ2) is 8.72. The topological polar surface area (TPSA) is 87.9 Å². The van der Waals surface area contributed by atoms with Crippen LogP contribution in [0, 0.1) is 0 Å². The van der Waals surface area contributed by atoms with Crippen LogP contribution >= 0.6 is 0 Å². The van der Waals surface area contributed by atoms with Crippen molar-refractivity contribution >= 4 is 11.9 Å². The molecule has 0 amide bonds. The Hall–Kier alpha value is -1.56. The molecule has 0 aliphatic heterocycles. The van der Waals surface area contributed by atoms with Crippen molar-refractivity contribution in [2.45, 2.75) is 13.8 Å². The normalized spacial score (nSPS) is 10.8. The summed E-state index contributed by atoms with van der Waals surface area (Å²) < 4.78 is 14.3. The molecule has 0 saturated heterocycles. The van der Waals surface area contributed by atoms with Crippen LogP contribution in [0.15, 0.2) is 11.8 Å². The van der Waals surface area contributed by atoms with Gasteiger partial charge in [-0.05, 0) is 13.8 Å². The Labute approximate surface area is 94.3 Å². The van der Waals surface area contributed by atoms with Crippen molar-refractivity contribution in [1.82, 2.24) is 0 Å². The summed E-state index contributed by atoms with van der Waals surface area (Å²) in [5, 5.41) is 0. The van der Waals surface area contributed by atoms with E-state index < -0.39 is 11.9 Å². The van der Waals surface area contributed by atoms with Crippen molar-refractivity contribution in [2.75, 3.05) is 26.4 Å². The zero-order chi connectivity index (χ0) is 12.4. The number of nitrogens with two attached hydrogens (primary N) is 1. The van der Waals surface area contributed by atoms with Gasteiger partial charge in [0, 0.05) is 6.54 Å². The maximum absolute atomic E-state index is 11.3. The fourth-order valence-electron chi connectivity index (χ4n) is 0.822. The molecule has 6 heteroatoms. The Morgan fingerprint density at radius 1 is 1.12 bits per heavy atom. The lowest BCUT2D eigenvalue weighted by atomic mass is 10.4. The van der Waals surface area contributed by atoms with Gasteiger partial charge in [-0.2, -0.15) is 0 Å². The molecule has 0 rings (SSSR count). The number of hydrogen-bond donors (Lipinski definition) is 1. The van der Waals surface area contributed by atoms with E-state index >= 15 is 0 Å². The first-order valence-electron chi connectivity index (χ1n) is 5.04. The van der Waals surface area contributed by atoms with E-state index in [9.17, 15) is 9.59 Å². The van der Waals surface area contributed by atoms with Gasteiger partial charge in [-0.15, -0.1) is 0 Å². The predicted molar refractivity (Wildman–Crippen MR) is 56.4 cm³/mol. The molecule has 0 spiro atoms. The van der Waals surface area contributed by atoms with Gasteiger partial charge < -0.3 is 19.9 Å². The number of rotatable bonds is 7. The third-order valence-electron chi connectivity index (χ3n) is 1.39. The standard InChI is InChI=1S/C10H17NO5/c1-3-14-9(12)7-8(16-6-5-11)10(13)15-4-2/h7H,3-6,11H2,1-2H3/b8-7-. The maximum Gasteiger partial charge on any atom is 0.373 e. The number of carbonyl (C=O) groups excluding carboxylic acids is 2. The first-order valence-corrected chi connectivity index (χ1v) is 5.04. The molecule has 0 unspecified atom stereocenters. The van der Waals surface area contributed by atoms with Crippen LogP contribution in [0.3, 0.4) is 0 Å². The molecule has 2 N–H and O–H groups in total. The first-order chi connectivity index (χ1) is 7.65. The highest BCUT2D eigenvalue weighted by Gasteiger charge is 2.14. The van der Waals surface area contributed by atoms with E-state index in [1.807, 2.05) is 0 Å². The van der Waals surface area contributed by atoms with Crippen molar-refractivity contribution in [1.29, 1.82) is 0 Å². The Bertz CT molecular complexity index is 262. The fraction of sp³-hybridized carbons (Fsp3) is 0.600. The Morgan fingerprint density at radius 2 is 1.75 bits per heavy atom. The molecule has 0 atom stereocenters. The minimum absolute atomic E-state index is 0.129. The molecule has 0 saturated carbocycles. The molecule has 16 heavy (non-hydrogen) atoms. The van der Waals surface area contributed by atoms with Crippen molar-refractivity contribution in [3.63, 3.8) is 0 Å². The van der Waals surface area contributed by atoms with Gasteiger partial charge >= 0.3 is 11.9 Å². The molecule has 0 aromatic carbocycles. The molecule has 0 radical (unpaired) electrons. The average molecular weight is 231 g/mol. The molecule has 0 fully saturated rings. The highest BCUT2D eigenvalue weighted by molar-refractivity contribution is 5.94. The molecule has 6 nitrogen and oxygen atoms in total. The zero-order valence-corrected chi connectivity index (χ0v) is 9.52. The van der Waals surface area contributed by atoms with E-state index in [-0.39, 0.29) is 32.1 Å². The lowest BCUT2D eigenvalue weighted by Gasteiger charge is -2.08. The number of ether oxygens (including phenoxy) is 3. The minimum Gasteiger partial charge on any atom is -0.485 e. The fourth-order valence-corrected chi connectivity index (χ4v) is 0.822. The molecular weight excluding hydrogens is 214 g/mol. The van der Waals surface area contributed by atoms with Crippen LogP contribution in [-0.2, 0) is 23.8 Å². The van der Waals surface area contributed by atoms with Crippen LogP contribution in [0.5, 0.6) is 0 Å². The molecule has 92 valence electrons. The number of hydrogen-bond acceptors (Lipinski definition) is 6. The maximum atomic E-state index is 11.3. The van der Waals surface area contributed by atoms with Crippen molar-refractivity contribution in [2.24, 2.45) is 5.73 Å². The van der Waals surface area contributed by atoms with Crippen LogP contribution in [-0.4, -0.2) is 38.3 Å². The molecule has 0 bridgehead atoms. The summed E-state index contributed by atoms with van der Waals surface area (Å²) in [6.45, 7) is 4.11. The summed E-state index contributed by atoms with van der Waals surface area (Å²) in [4.78, 5) is 22.4. The van der Waals surface area contributed by atoms with E-state index in [4.69, 9.17) is 15.2 Å². The van der Waals surface area contributed by atoms with E-state index in [0.717, 1.165) is 6.08 Å². The minimum atomic E-state index is -0.705. The lowest BCUT2D eigenvalue weighted by molar-refractivity contribution is -0.144. The summed E-state index contributed by atoms with van der Waals surface area (Å²) in [5.41, 5.74) is 5.22. The lowest BCUT2D eigenvalue weighted by Crippen LogP contribution is -2.17. The van der Waals surface area contributed by atoms with Crippen LogP contribution in [0.25, 0.3) is 0 Å². The SMILES string of the molecule is CCOC(=O)/C=C(\OCCN)C(=O)OCC. The van der Waals surface area contributed by atoms with Crippen LogP contribution < -0.4 is 5.73 Å². The molecule has 0 aliphatic rings. The Morgan fingerprint density at radius 3 is 2.25 bits per heavy atom. The zero-order valence-electron chi connectivity index (χ0n) is 9.52. The van der Waals surface area contributed by atoms with Gasteiger partial charge in [0.2, 0.25) is 5.76 Å². The summed E-state index contributed by atoms with van der Waals surface area (Å²) in [6.07, 6.45) is 0.956. The second-order valence-electron chi connectivity index (χ2n) is 2.62. The van der Waals surface area contributed by atoms with E-state index in [0.29, 0.717) is 0 Å². The van der Waals surface area contributed by atoms with E-state index in [2.05, 4.69) is 4.74 Å². The van der Waals surface area contributed by atoms with Crippen LogP contribution in [0.1, 0.15) is 13.8 Å². The summed E-state index contributed by atoms with van der Waals surface area (Å²) in [6, 6.07) is 0. The quantitative estimate of drug-likeness (QED) is 0.376. The second-order valence-corrected chi connectivity index (χ2v) is 2.62. The van der Waals surface area contributed by atoms with Gasteiger partial charge in [-0.1, -0.05) is 0 Å². The molecular formula is C10H17NO5. The summed E-state index contributed by atoms with van der Waals surface area (Å²) in [7, 11) is 0. The number of carbonyl (C=O) groups is 2. The van der Waals surface area contributed by atoms with E-state index in [1.165, 1.54) is 0 Å². The van der Waals surface area contributed by atoms with Crippen molar-refractivity contribution in [3.05, 3.63) is 11.8 Å². The average Bonchev–Trinajstić information content (AvgIpc) is 2.24. The van der Waals surface area contributed by atoms with Crippen molar-refractivity contribution < 1.29 is 23.8 Å². The molecule has 0 heterocycles. The van der Waals surface area contributed by atoms with Gasteiger partial charge in [0.15, 0.2) is 0 Å². The first kappa shape index (κ1) is 14.4. The van der Waals surface area contributed by atoms with Gasteiger partial charge in [-0.3, -0.25) is 0 Å². The molecule has 0 aliphatic carbocycles. The van der Waals surface area contributed by atoms with Crippen molar-refractivity contribution in [3.8, 4) is 0 Å². The largest absolute Gasteiger partial charge is 0.485 e. The van der Waals surface area contributed by atoms with Gasteiger partial charge in [0.1, 0.15) is 6.61 Å². The van der Waals surface area contributed by atoms with Crippen LogP contribution in [0.4, 0.5) is 0 Å². The Kier molecular flexibility index (Phi) is 7.87. The van der Waals surface area contributed by atoms with Gasteiger partial charge in [0.25, 0.3) is 0 Å². The molecule has 0 aromatic heterocycles. The molecule has 0 aromatic rings. The monoisotopic (exact) mass is 231 g/mol. The highest BCUT2D eigenvalue weighted by atomic mass is 16.6. The highest BCUT2D eigenvalue weighted by Crippen LogP contribution is 2.01. The smallest absolute Gasteiger partial charge is 0.373 e. The third kappa shape index (κ3) is 6.02. The van der Waals surface area contributed by atoms with Gasteiger partial charge in [0.05, 0.1) is 19.3 Å². The summed E-state index contributed by atoms with van der Waals surface area (Å²) >= 11 is 0. The van der Waals surface area contributed by atoms with Gasteiger partial charge in [-0.25, -0.2) is 9.59 Å². The van der Waals surface area contributed by atoms with E-state index in [1.54, 1.807) is 13.8 Å². The number of esters is 2. The predicted octanol–water partition coefficient (Wildman–Crippen LogP) is -0.0282. The summed E-state index contributed by atoms with van der Waals surface area (Å²) in [5.74, 6) is -1.54. The Balaban J connectivity index is 4.51. The van der Waals surface area contributed by atoms with Crippen LogP contribution in [0.2, 0.25) is 0 Å². The third-order valence-corrected chi connectivity index (χ3v) is 1.39.